The quantitative estimate of drug-likeness (QED) is 0.103. The van der Waals surface area contributed by atoms with Crippen molar-refractivity contribution >= 4 is 0 Å². The van der Waals surface area contributed by atoms with Crippen molar-refractivity contribution < 1.29 is 58.3 Å². The first kappa shape index (κ1) is 33.7. The molecule has 0 aromatic carbocycles. The van der Waals surface area contributed by atoms with Gasteiger partial charge in [-0.3, -0.25) is 0 Å². The summed E-state index contributed by atoms with van der Waals surface area (Å²) in [6, 6.07) is 0. The lowest BCUT2D eigenvalue weighted by molar-refractivity contribution is -0.00856. The number of hydrogen-bond acceptors (Lipinski definition) is 12. The van der Waals surface area contributed by atoms with Crippen LogP contribution in [0.15, 0.2) is 0 Å². The third-order valence-corrected chi connectivity index (χ3v) is 3.17. The van der Waals surface area contributed by atoms with Crippen LogP contribution in [0, 0.1) is 0 Å². The van der Waals surface area contributed by atoms with E-state index in [1.807, 2.05) is 0 Å². The molecule has 0 aliphatic rings. The smallest absolute Gasteiger partial charge is 0.0701 e. The number of aliphatic hydroxyl groups excluding tert-OH is 4. The van der Waals surface area contributed by atoms with Crippen LogP contribution in [0.5, 0.6) is 0 Å². The highest BCUT2D eigenvalue weighted by Gasteiger charge is 1.93. The summed E-state index contributed by atoms with van der Waals surface area (Å²) in [6.45, 7) is 7.58. The summed E-state index contributed by atoms with van der Waals surface area (Å²) in [7, 11) is 0. The summed E-state index contributed by atoms with van der Waals surface area (Å²) in [5.74, 6) is 0. The van der Waals surface area contributed by atoms with E-state index >= 15 is 0 Å². The summed E-state index contributed by atoms with van der Waals surface area (Å²) < 4.78 is 40.8. The molecular weight excluding hydrogens is 432 g/mol. The summed E-state index contributed by atoms with van der Waals surface area (Å²) in [6.07, 6.45) is 0. The molecule has 196 valence electrons. The van der Waals surface area contributed by atoms with Crippen LogP contribution in [-0.2, 0) is 37.9 Å². The van der Waals surface area contributed by atoms with Gasteiger partial charge in [0.05, 0.1) is 132 Å². The van der Waals surface area contributed by atoms with Crippen LogP contribution in [0.2, 0.25) is 0 Å². The van der Waals surface area contributed by atoms with Crippen molar-refractivity contribution in [3.63, 3.8) is 0 Å². The van der Waals surface area contributed by atoms with Crippen molar-refractivity contribution in [1.29, 1.82) is 0 Å². The van der Waals surface area contributed by atoms with Crippen molar-refractivity contribution in [1.82, 2.24) is 0 Å². The second-order valence-corrected chi connectivity index (χ2v) is 5.79. The average molecular weight is 477 g/mol. The molecule has 0 heterocycles. The molecule has 0 atom stereocenters. The first-order valence-corrected chi connectivity index (χ1v) is 10.9. The molecule has 12 heteroatoms. The molecule has 0 saturated carbocycles. The molecule has 0 saturated heterocycles. The summed E-state index contributed by atoms with van der Waals surface area (Å²) >= 11 is 0. The van der Waals surface area contributed by atoms with Gasteiger partial charge in [0.2, 0.25) is 0 Å². The molecule has 4 N–H and O–H groups in total. The maximum Gasteiger partial charge on any atom is 0.0701 e. The summed E-state index contributed by atoms with van der Waals surface area (Å²) in [5, 5.41) is 33.7. The first-order valence-electron chi connectivity index (χ1n) is 10.9. The Balaban J connectivity index is 0. The lowest BCUT2D eigenvalue weighted by Gasteiger charge is -2.06. The third-order valence-electron chi connectivity index (χ3n) is 3.17. The van der Waals surface area contributed by atoms with E-state index in [0.717, 1.165) is 0 Å². The van der Waals surface area contributed by atoms with Gasteiger partial charge in [-0.05, 0) is 0 Å². The molecule has 0 spiro atoms. The van der Waals surface area contributed by atoms with Gasteiger partial charge in [-0.2, -0.15) is 0 Å². The minimum atomic E-state index is 0.0386. The van der Waals surface area contributed by atoms with E-state index in [9.17, 15) is 0 Å². The second kappa shape index (κ2) is 35.1. The van der Waals surface area contributed by atoms with Crippen molar-refractivity contribution in [3.8, 4) is 0 Å². The minimum Gasteiger partial charge on any atom is -0.394 e. The highest BCUT2D eigenvalue weighted by Crippen LogP contribution is 1.83. The van der Waals surface area contributed by atoms with Crippen LogP contribution >= 0.6 is 0 Å². The number of ether oxygens (including phenoxy) is 8. The Morgan fingerprint density at radius 3 is 0.469 bits per heavy atom. The van der Waals surface area contributed by atoms with Crippen LogP contribution in [0.1, 0.15) is 0 Å². The Hall–Kier alpha value is -0.480. The van der Waals surface area contributed by atoms with E-state index in [0.29, 0.717) is 106 Å². The minimum absolute atomic E-state index is 0.0386. The molecule has 0 radical (unpaired) electrons. The average Bonchev–Trinajstić information content (AvgIpc) is 2.81. The van der Waals surface area contributed by atoms with E-state index in [4.69, 9.17) is 58.3 Å². The van der Waals surface area contributed by atoms with Gasteiger partial charge in [-0.15, -0.1) is 0 Å². The predicted molar refractivity (Wildman–Crippen MR) is 115 cm³/mol. The van der Waals surface area contributed by atoms with Gasteiger partial charge in [0.1, 0.15) is 0 Å². The molecule has 0 aromatic heterocycles. The predicted octanol–water partition coefficient (Wildman–Crippen LogP) is -1.93. The summed E-state index contributed by atoms with van der Waals surface area (Å²) in [4.78, 5) is 0. The van der Waals surface area contributed by atoms with Crippen molar-refractivity contribution in [2.45, 2.75) is 0 Å². The molecule has 0 aromatic rings. The third kappa shape index (κ3) is 36.9. The maximum atomic E-state index is 8.41. The van der Waals surface area contributed by atoms with Crippen molar-refractivity contribution in [2.24, 2.45) is 0 Å². The van der Waals surface area contributed by atoms with Gasteiger partial charge in [0.25, 0.3) is 0 Å². The fraction of sp³-hybridized carbons (Fsp3) is 1.00. The molecule has 0 amide bonds. The van der Waals surface area contributed by atoms with Gasteiger partial charge < -0.3 is 58.3 Å². The molecular formula is C20H44O12. The lowest BCUT2D eigenvalue weighted by atomic mass is 10.7. The fourth-order valence-electron chi connectivity index (χ4n) is 1.78. The number of aliphatic hydroxyl groups is 4. The standard InChI is InChI=1S/2C10H22O6/c2*11-1-3-13-5-7-15-9-10-16-8-6-14-4-2-12/h2*11-12H,1-10H2. The largest absolute Gasteiger partial charge is 0.394 e. The Morgan fingerprint density at radius 1 is 0.219 bits per heavy atom. The van der Waals surface area contributed by atoms with Gasteiger partial charge in [-0.25, -0.2) is 0 Å². The molecule has 0 bridgehead atoms. The van der Waals surface area contributed by atoms with E-state index in [-0.39, 0.29) is 26.4 Å². The van der Waals surface area contributed by atoms with Gasteiger partial charge in [0, 0.05) is 0 Å². The van der Waals surface area contributed by atoms with Crippen LogP contribution < -0.4 is 0 Å². The normalized spacial score (nSPS) is 10.9. The van der Waals surface area contributed by atoms with E-state index in [2.05, 4.69) is 0 Å². The van der Waals surface area contributed by atoms with Crippen molar-refractivity contribution in [3.05, 3.63) is 0 Å². The molecule has 0 rings (SSSR count). The van der Waals surface area contributed by atoms with Gasteiger partial charge >= 0.3 is 0 Å². The SMILES string of the molecule is OCCOCCOCCOCCOCCO.OCCOCCOCCOCCOCCO. The Kier molecular flexibility index (Phi) is 37.0. The molecule has 0 aliphatic carbocycles. The zero-order valence-electron chi connectivity index (χ0n) is 19.2. The number of rotatable bonds is 26. The lowest BCUT2D eigenvalue weighted by Crippen LogP contribution is -2.13. The van der Waals surface area contributed by atoms with Gasteiger partial charge in [-0.1, -0.05) is 0 Å². The molecule has 32 heavy (non-hydrogen) atoms. The van der Waals surface area contributed by atoms with Crippen LogP contribution in [0.25, 0.3) is 0 Å². The Labute approximate surface area is 191 Å². The number of hydrogen-bond donors (Lipinski definition) is 4. The van der Waals surface area contributed by atoms with Crippen LogP contribution in [0.4, 0.5) is 0 Å². The molecule has 12 nitrogen and oxygen atoms in total. The monoisotopic (exact) mass is 476 g/mol. The van der Waals surface area contributed by atoms with E-state index in [1.165, 1.54) is 0 Å². The molecule has 0 unspecified atom stereocenters. The highest BCUT2D eigenvalue weighted by molar-refractivity contribution is 4.36. The highest BCUT2D eigenvalue weighted by atomic mass is 16.6. The maximum absolute atomic E-state index is 8.41. The Bertz CT molecular complexity index is 244. The first-order chi connectivity index (χ1) is 15.8. The molecule has 0 aliphatic heterocycles. The zero-order chi connectivity index (χ0) is 23.8. The molecule has 0 fully saturated rings. The second-order valence-electron chi connectivity index (χ2n) is 5.79. The van der Waals surface area contributed by atoms with E-state index in [1.54, 1.807) is 0 Å². The van der Waals surface area contributed by atoms with Crippen molar-refractivity contribution in [2.75, 3.05) is 132 Å². The van der Waals surface area contributed by atoms with E-state index < -0.39 is 0 Å². The van der Waals surface area contributed by atoms with Gasteiger partial charge in [0.15, 0.2) is 0 Å². The Morgan fingerprint density at radius 2 is 0.344 bits per heavy atom. The van der Waals surface area contributed by atoms with Crippen LogP contribution in [0.3, 0.4) is 0 Å². The van der Waals surface area contributed by atoms with Crippen LogP contribution in [-0.4, -0.2) is 153 Å². The summed E-state index contributed by atoms with van der Waals surface area (Å²) in [5.41, 5.74) is 0. The topological polar surface area (TPSA) is 155 Å². The fourth-order valence-corrected chi connectivity index (χ4v) is 1.78. The zero-order valence-corrected chi connectivity index (χ0v) is 19.2.